The summed E-state index contributed by atoms with van der Waals surface area (Å²) in [5.41, 5.74) is 4.19. The third-order valence-corrected chi connectivity index (χ3v) is 12.2. The molecule has 52 heavy (non-hydrogen) atoms. The van der Waals surface area contributed by atoms with E-state index >= 15 is 0 Å². The number of hydrogen-bond donors (Lipinski definition) is 0. The molecule has 8 heteroatoms. The van der Waals surface area contributed by atoms with E-state index in [1.165, 1.54) is 103 Å². The van der Waals surface area contributed by atoms with Crippen LogP contribution in [-0.4, -0.2) is 62.7 Å². The third kappa shape index (κ3) is 11.8. The van der Waals surface area contributed by atoms with E-state index < -0.39 is 6.04 Å². The number of benzene rings is 2. The van der Waals surface area contributed by atoms with Crippen LogP contribution in [0.3, 0.4) is 0 Å². The average Bonchev–Trinajstić information content (AvgIpc) is 3.64. The molecule has 3 aromatic rings. The molecule has 0 aliphatic carbocycles. The molecule has 1 aromatic heterocycles. The maximum Gasteiger partial charge on any atom is 0.328 e. The zero-order valence-corrected chi connectivity index (χ0v) is 33.0. The van der Waals surface area contributed by atoms with Crippen LogP contribution in [-0.2, 0) is 27.2 Å². The van der Waals surface area contributed by atoms with E-state index in [9.17, 15) is 14.0 Å². The molecule has 286 valence electrons. The minimum atomic E-state index is -0.580. The number of halogens is 1. The van der Waals surface area contributed by atoms with Crippen LogP contribution in [0.2, 0.25) is 0 Å². The molecule has 0 spiro atoms. The number of amides is 1. The number of unbranched alkanes of at least 4 members (excludes halogenated alkanes) is 15. The lowest BCUT2D eigenvalue weighted by Gasteiger charge is -2.37. The number of piperazine rings is 1. The van der Waals surface area contributed by atoms with Crippen molar-refractivity contribution in [2.75, 3.05) is 49.6 Å². The number of carbonyl (C=O) groups is 2. The monoisotopic (exact) mass is 733 g/mol. The van der Waals surface area contributed by atoms with Crippen LogP contribution in [0.4, 0.5) is 15.8 Å². The molecule has 2 aliphatic heterocycles. The summed E-state index contributed by atoms with van der Waals surface area (Å²) in [5, 5.41) is 3.17. The number of nitrogens with zero attached hydrogens (tertiary/aromatic N) is 3. The van der Waals surface area contributed by atoms with Crippen molar-refractivity contribution in [2.45, 2.75) is 141 Å². The van der Waals surface area contributed by atoms with Gasteiger partial charge in [0.15, 0.2) is 0 Å². The maximum atomic E-state index is 14.3. The molecule has 0 saturated carbocycles. The van der Waals surface area contributed by atoms with E-state index in [-0.39, 0.29) is 17.7 Å². The van der Waals surface area contributed by atoms with Gasteiger partial charge in [-0.05, 0) is 60.0 Å². The summed E-state index contributed by atoms with van der Waals surface area (Å²) in [7, 11) is 1.44. The highest BCUT2D eigenvalue weighted by Crippen LogP contribution is 2.34. The standard InChI is InChI=1S/C44H64FN3O3S/c1-3-4-5-6-7-8-9-10-11-12-13-14-15-16-17-18-19-39(44(50)51-2)48-40-32-35(20-21-36(40)22-23-43(48)49)24-26-46-27-29-47(30-28-46)41-33-37(45)34-42-38(41)25-31-52-42/h20-21,25,31-34,39H,3-19,22-24,26-30H2,1-2H3. The van der Waals surface area contributed by atoms with Crippen LogP contribution in [0, 0.1) is 5.82 Å². The van der Waals surface area contributed by atoms with Gasteiger partial charge in [0.25, 0.3) is 0 Å². The van der Waals surface area contributed by atoms with Gasteiger partial charge >= 0.3 is 5.97 Å². The van der Waals surface area contributed by atoms with E-state index in [0.29, 0.717) is 19.3 Å². The molecule has 1 fully saturated rings. The second kappa shape index (κ2) is 21.7. The van der Waals surface area contributed by atoms with Crippen LogP contribution in [0.25, 0.3) is 10.1 Å². The molecule has 6 nitrogen and oxygen atoms in total. The van der Waals surface area contributed by atoms with Gasteiger partial charge in [-0.3, -0.25) is 14.6 Å². The highest BCUT2D eigenvalue weighted by atomic mass is 32.1. The molecule has 2 aliphatic rings. The Hall–Kier alpha value is -2.97. The van der Waals surface area contributed by atoms with Gasteiger partial charge in [0.05, 0.1) is 7.11 Å². The number of thiophene rings is 1. The predicted molar refractivity (Wildman–Crippen MR) is 216 cm³/mol. The fraction of sp³-hybridized carbons (Fsp3) is 0.636. The van der Waals surface area contributed by atoms with E-state index in [1.807, 2.05) is 5.38 Å². The Morgan fingerprint density at radius 2 is 1.42 bits per heavy atom. The van der Waals surface area contributed by atoms with E-state index in [1.54, 1.807) is 28.4 Å². The second-order valence-electron chi connectivity index (χ2n) is 15.2. The van der Waals surface area contributed by atoms with Crippen molar-refractivity contribution in [3.05, 3.63) is 58.7 Å². The summed E-state index contributed by atoms with van der Waals surface area (Å²) < 4.78 is 20.6. The zero-order valence-electron chi connectivity index (χ0n) is 32.1. The topological polar surface area (TPSA) is 53.1 Å². The number of ether oxygens (including phenoxy) is 1. The summed E-state index contributed by atoms with van der Waals surface area (Å²) in [6, 6.07) is 11.3. The van der Waals surface area contributed by atoms with Crippen LogP contribution in [0.15, 0.2) is 41.8 Å². The Kier molecular flexibility index (Phi) is 16.8. The molecule has 0 bridgehead atoms. The molecule has 5 rings (SSSR count). The van der Waals surface area contributed by atoms with Crippen LogP contribution >= 0.6 is 11.3 Å². The first-order valence-electron chi connectivity index (χ1n) is 20.6. The van der Waals surface area contributed by atoms with Gasteiger partial charge < -0.3 is 9.64 Å². The molecule has 0 N–H and O–H groups in total. The van der Waals surface area contributed by atoms with Gasteiger partial charge in [-0.15, -0.1) is 11.3 Å². The van der Waals surface area contributed by atoms with E-state index in [0.717, 1.165) is 79.0 Å². The number of anilines is 2. The summed E-state index contributed by atoms with van der Waals surface area (Å²) in [5.74, 6) is -0.472. The molecular formula is C44H64FN3O3S. The normalized spacial score (nSPS) is 15.7. The third-order valence-electron chi connectivity index (χ3n) is 11.3. The Bertz CT molecular complexity index is 1530. The fourth-order valence-corrected chi connectivity index (χ4v) is 9.02. The highest BCUT2D eigenvalue weighted by Gasteiger charge is 2.35. The summed E-state index contributed by atoms with van der Waals surface area (Å²) in [6.07, 6.45) is 23.5. The molecule has 0 radical (unpaired) electrons. The Morgan fingerprint density at radius 1 is 0.788 bits per heavy atom. The highest BCUT2D eigenvalue weighted by molar-refractivity contribution is 7.17. The first-order chi connectivity index (χ1) is 25.5. The molecule has 1 saturated heterocycles. The Morgan fingerprint density at radius 3 is 2.06 bits per heavy atom. The van der Waals surface area contributed by atoms with Gasteiger partial charge in [-0.25, -0.2) is 9.18 Å². The van der Waals surface area contributed by atoms with Gasteiger partial charge in [0.1, 0.15) is 11.9 Å². The number of aryl methyl sites for hydroxylation is 1. The number of methoxy groups -OCH3 is 1. The quantitative estimate of drug-likeness (QED) is 0.0717. The summed E-state index contributed by atoms with van der Waals surface area (Å²) >= 11 is 1.58. The summed E-state index contributed by atoms with van der Waals surface area (Å²) in [4.78, 5) is 33.1. The van der Waals surface area contributed by atoms with Crippen molar-refractivity contribution in [1.29, 1.82) is 0 Å². The minimum Gasteiger partial charge on any atom is -0.467 e. The summed E-state index contributed by atoms with van der Waals surface area (Å²) in [6.45, 7) is 6.75. The molecule has 3 heterocycles. The number of carbonyl (C=O) groups excluding carboxylic acids is 2. The number of hydrogen-bond acceptors (Lipinski definition) is 6. The number of fused-ring (bicyclic) bond motifs is 2. The first kappa shape index (κ1) is 40.2. The Balaban J connectivity index is 1.04. The first-order valence-corrected chi connectivity index (χ1v) is 21.5. The van der Waals surface area contributed by atoms with Gasteiger partial charge in [-0.2, -0.15) is 0 Å². The fourth-order valence-electron chi connectivity index (χ4n) is 8.19. The Labute approximate surface area is 317 Å². The van der Waals surface area contributed by atoms with Crippen LogP contribution in [0.5, 0.6) is 0 Å². The van der Waals surface area contributed by atoms with Crippen molar-refractivity contribution in [3.63, 3.8) is 0 Å². The average molecular weight is 734 g/mol. The van der Waals surface area contributed by atoms with Crippen molar-refractivity contribution < 1.29 is 18.7 Å². The van der Waals surface area contributed by atoms with Gasteiger partial charge in [0, 0.05) is 60.6 Å². The SMILES string of the molecule is CCCCCCCCCCCCCCCCCCC(C(=O)OC)N1C(=O)CCc2ccc(CCN3CCN(c4cc(F)cc5sccc45)CC3)cc21. The minimum absolute atomic E-state index is 0.0183. The van der Waals surface area contributed by atoms with Gasteiger partial charge in [0.2, 0.25) is 5.91 Å². The predicted octanol–water partition coefficient (Wildman–Crippen LogP) is 10.9. The largest absolute Gasteiger partial charge is 0.467 e. The second-order valence-corrected chi connectivity index (χ2v) is 16.1. The molecule has 1 atom stereocenters. The lowest BCUT2D eigenvalue weighted by Crippen LogP contribution is -2.48. The zero-order chi connectivity index (χ0) is 36.5. The molecule has 1 unspecified atom stereocenters. The molecule has 1 amide bonds. The van der Waals surface area contributed by atoms with Gasteiger partial charge in [-0.1, -0.05) is 122 Å². The number of esters is 1. The van der Waals surface area contributed by atoms with Crippen molar-refractivity contribution >= 4 is 44.7 Å². The maximum absolute atomic E-state index is 14.3. The smallest absolute Gasteiger partial charge is 0.328 e. The lowest BCUT2D eigenvalue weighted by atomic mass is 9.95. The van der Waals surface area contributed by atoms with E-state index in [4.69, 9.17) is 4.74 Å². The van der Waals surface area contributed by atoms with Crippen LogP contribution in [0.1, 0.15) is 134 Å². The number of rotatable bonds is 23. The molecule has 2 aromatic carbocycles. The lowest BCUT2D eigenvalue weighted by molar-refractivity contribution is -0.143. The van der Waals surface area contributed by atoms with E-state index in [2.05, 4.69) is 41.0 Å². The van der Waals surface area contributed by atoms with Crippen molar-refractivity contribution in [1.82, 2.24) is 4.90 Å². The van der Waals surface area contributed by atoms with Crippen molar-refractivity contribution in [2.24, 2.45) is 0 Å². The molecular weight excluding hydrogens is 670 g/mol. The van der Waals surface area contributed by atoms with Crippen LogP contribution < -0.4 is 9.80 Å². The van der Waals surface area contributed by atoms with Crippen molar-refractivity contribution in [3.8, 4) is 0 Å².